The van der Waals surface area contributed by atoms with Gasteiger partial charge in [-0.3, -0.25) is 0 Å². The van der Waals surface area contributed by atoms with Crippen LogP contribution in [0.25, 0.3) is 22.2 Å². The molecular formula is C23H29N3O. The van der Waals surface area contributed by atoms with E-state index >= 15 is 0 Å². The lowest BCUT2D eigenvalue weighted by atomic mass is 9.87. The maximum atomic E-state index is 5.58. The minimum atomic E-state index is 0.855. The van der Waals surface area contributed by atoms with Gasteiger partial charge in [-0.15, -0.1) is 0 Å². The highest BCUT2D eigenvalue weighted by Gasteiger charge is 2.12. The van der Waals surface area contributed by atoms with Gasteiger partial charge in [0.1, 0.15) is 5.75 Å². The molecule has 0 spiro atoms. The van der Waals surface area contributed by atoms with Gasteiger partial charge in [-0.1, -0.05) is 56.4 Å². The average Bonchev–Trinajstić information content (AvgIpc) is 3.19. The van der Waals surface area contributed by atoms with Gasteiger partial charge in [0.15, 0.2) is 0 Å². The van der Waals surface area contributed by atoms with E-state index in [1.54, 1.807) is 13.4 Å². The summed E-state index contributed by atoms with van der Waals surface area (Å²) in [5.41, 5.74) is 5.53. The van der Waals surface area contributed by atoms with Crippen LogP contribution in [0.4, 0.5) is 0 Å². The van der Waals surface area contributed by atoms with E-state index in [-0.39, 0.29) is 0 Å². The van der Waals surface area contributed by atoms with E-state index < -0.39 is 0 Å². The highest BCUT2D eigenvalue weighted by atomic mass is 16.5. The van der Waals surface area contributed by atoms with E-state index in [0.717, 1.165) is 46.9 Å². The van der Waals surface area contributed by atoms with Crippen molar-refractivity contribution in [2.75, 3.05) is 13.7 Å². The van der Waals surface area contributed by atoms with Crippen LogP contribution in [0.5, 0.6) is 5.75 Å². The first-order chi connectivity index (χ1) is 13.3. The fourth-order valence-corrected chi connectivity index (χ4v) is 4.17. The molecule has 1 heterocycles. The first-order valence-corrected chi connectivity index (χ1v) is 10.1. The van der Waals surface area contributed by atoms with Gasteiger partial charge >= 0.3 is 0 Å². The average molecular weight is 364 g/mol. The Morgan fingerprint density at radius 2 is 1.93 bits per heavy atom. The molecule has 2 aromatic carbocycles. The minimum Gasteiger partial charge on any atom is -0.496 e. The first kappa shape index (κ1) is 18.1. The third-order valence-electron chi connectivity index (χ3n) is 5.79. The number of H-pyrrole nitrogens is 1. The summed E-state index contributed by atoms with van der Waals surface area (Å²) in [5, 5.41) is 3.61. The molecular weight excluding hydrogens is 334 g/mol. The van der Waals surface area contributed by atoms with Crippen LogP contribution in [-0.2, 0) is 6.54 Å². The normalized spacial score (nSPS) is 15.3. The van der Waals surface area contributed by atoms with Gasteiger partial charge in [-0.2, -0.15) is 0 Å². The summed E-state index contributed by atoms with van der Waals surface area (Å²) in [5.74, 6) is 1.80. The molecule has 0 atom stereocenters. The fourth-order valence-electron chi connectivity index (χ4n) is 4.17. The molecule has 3 aromatic rings. The molecule has 4 rings (SSSR count). The molecule has 1 saturated carbocycles. The van der Waals surface area contributed by atoms with Crippen molar-refractivity contribution in [2.24, 2.45) is 5.92 Å². The maximum absolute atomic E-state index is 5.58. The molecule has 1 aromatic heterocycles. The molecule has 4 heteroatoms. The second-order valence-corrected chi connectivity index (χ2v) is 7.64. The van der Waals surface area contributed by atoms with Crippen LogP contribution < -0.4 is 10.1 Å². The Morgan fingerprint density at radius 3 is 2.70 bits per heavy atom. The van der Waals surface area contributed by atoms with Crippen LogP contribution >= 0.6 is 0 Å². The number of rotatable bonds is 7. The van der Waals surface area contributed by atoms with E-state index in [9.17, 15) is 0 Å². The number of nitrogens with one attached hydrogen (secondary N) is 2. The van der Waals surface area contributed by atoms with E-state index in [1.165, 1.54) is 44.1 Å². The van der Waals surface area contributed by atoms with Crippen LogP contribution in [0.3, 0.4) is 0 Å². The Balaban J connectivity index is 1.37. The highest BCUT2D eigenvalue weighted by Crippen LogP contribution is 2.33. The smallest absolute Gasteiger partial charge is 0.128 e. The minimum absolute atomic E-state index is 0.855. The van der Waals surface area contributed by atoms with Gasteiger partial charge in [-0.05, 0) is 36.1 Å². The van der Waals surface area contributed by atoms with E-state index in [1.807, 2.05) is 6.07 Å². The molecule has 0 amide bonds. The Labute approximate surface area is 161 Å². The predicted octanol–water partition coefficient (Wildman–Crippen LogP) is 5.30. The highest BCUT2D eigenvalue weighted by molar-refractivity contribution is 5.86. The second kappa shape index (κ2) is 8.57. The number of benzene rings is 2. The van der Waals surface area contributed by atoms with Crippen molar-refractivity contribution < 1.29 is 4.74 Å². The van der Waals surface area contributed by atoms with Crippen LogP contribution in [0.1, 0.15) is 44.1 Å². The lowest BCUT2D eigenvalue weighted by Crippen LogP contribution is -2.19. The largest absolute Gasteiger partial charge is 0.496 e. The molecule has 2 N–H and O–H groups in total. The van der Waals surface area contributed by atoms with Crippen molar-refractivity contribution in [1.29, 1.82) is 0 Å². The Morgan fingerprint density at radius 1 is 1.11 bits per heavy atom. The van der Waals surface area contributed by atoms with Crippen molar-refractivity contribution in [3.8, 4) is 16.9 Å². The van der Waals surface area contributed by atoms with Gasteiger partial charge in [0.25, 0.3) is 0 Å². The summed E-state index contributed by atoms with van der Waals surface area (Å²) in [6.45, 7) is 2.06. The number of hydrogen-bond acceptors (Lipinski definition) is 3. The topological polar surface area (TPSA) is 49.9 Å². The summed E-state index contributed by atoms with van der Waals surface area (Å²) in [4.78, 5) is 7.48. The maximum Gasteiger partial charge on any atom is 0.128 e. The van der Waals surface area contributed by atoms with E-state index in [0.29, 0.717) is 0 Å². The van der Waals surface area contributed by atoms with E-state index in [4.69, 9.17) is 4.74 Å². The van der Waals surface area contributed by atoms with Crippen molar-refractivity contribution in [1.82, 2.24) is 15.3 Å². The second-order valence-electron chi connectivity index (χ2n) is 7.64. The Bertz CT molecular complexity index is 863. The molecule has 0 aliphatic heterocycles. The number of nitrogens with zero attached hydrogens (tertiary/aromatic N) is 1. The molecule has 0 radical (unpaired) electrons. The fraction of sp³-hybridized carbons (Fsp3) is 0.435. The summed E-state index contributed by atoms with van der Waals surface area (Å²) < 4.78 is 5.58. The Hall–Kier alpha value is -2.33. The summed E-state index contributed by atoms with van der Waals surface area (Å²) in [6, 6.07) is 12.9. The standard InChI is InChI=1S/C23H29N3O/c1-27-23-14-22-21(25-16-26-22)13-20(23)19-9-7-18(8-10-19)15-24-12-11-17-5-3-2-4-6-17/h7-10,13-14,16-17,24H,2-6,11-12,15H2,1H3,(H,25,26). The molecule has 1 fully saturated rings. The van der Waals surface area contributed by atoms with Gasteiger partial charge in [0.05, 0.1) is 24.5 Å². The third kappa shape index (κ3) is 4.33. The van der Waals surface area contributed by atoms with Crippen molar-refractivity contribution >= 4 is 11.0 Å². The summed E-state index contributed by atoms with van der Waals surface area (Å²) in [7, 11) is 1.71. The zero-order chi connectivity index (χ0) is 18.5. The number of methoxy groups -OCH3 is 1. The van der Waals surface area contributed by atoms with Crippen molar-refractivity contribution in [3.63, 3.8) is 0 Å². The number of hydrogen-bond donors (Lipinski definition) is 2. The van der Waals surface area contributed by atoms with Crippen LogP contribution in [-0.4, -0.2) is 23.6 Å². The van der Waals surface area contributed by atoms with Crippen molar-refractivity contribution in [2.45, 2.75) is 45.1 Å². The van der Waals surface area contributed by atoms with Crippen LogP contribution in [0, 0.1) is 5.92 Å². The number of aromatic nitrogens is 2. The Kier molecular flexibility index (Phi) is 5.73. The quantitative estimate of drug-likeness (QED) is 0.560. The number of fused-ring (bicyclic) bond motifs is 1. The summed E-state index contributed by atoms with van der Waals surface area (Å²) >= 11 is 0. The molecule has 142 valence electrons. The summed E-state index contributed by atoms with van der Waals surface area (Å²) in [6.07, 6.45) is 10.2. The van der Waals surface area contributed by atoms with Gasteiger partial charge in [0.2, 0.25) is 0 Å². The first-order valence-electron chi connectivity index (χ1n) is 10.1. The lowest BCUT2D eigenvalue weighted by Gasteiger charge is -2.21. The zero-order valence-electron chi connectivity index (χ0n) is 16.1. The molecule has 1 aliphatic rings. The van der Waals surface area contributed by atoms with E-state index in [2.05, 4.69) is 45.6 Å². The predicted molar refractivity (Wildman–Crippen MR) is 111 cm³/mol. The molecule has 0 unspecified atom stereocenters. The molecule has 4 nitrogen and oxygen atoms in total. The number of aromatic amines is 1. The van der Waals surface area contributed by atoms with Crippen LogP contribution in [0.15, 0.2) is 42.7 Å². The number of ether oxygens (including phenoxy) is 1. The molecule has 27 heavy (non-hydrogen) atoms. The van der Waals surface area contributed by atoms with Crippen molar-refractivity contribution in [3.05, 3.63) is 48.3 Å². The lowest BCUT2D eigenvalue weighted by molar-refractivity contribution is 0.334. The zero-order valence-corrected chi connectivity index (χ0v) is 16.1. The third-order valence-corrected chi connectivity index (χ3v) is 5.79. The molecule has 0 saturated heterocycles. The molecule has 0 bridgehead atoms. The van der Waals surface area contributed by atoms with Gasteiger partial charge in [-0.25, -0.2) is 4.98 Å². The van der Waals surface area contributed by atoms with Gasteiger partial charge < -0.3 is 15.0 Å². The monoisotopic (exact) mass is 363 g/mol. The molecule has 1 aliphatic carbocycles. The van der Waals surface area contributed by atoms with Gasteiger partial charge in [0, 0.05) is 18.2 Å². The SMILES string of the molecule is COc1cc2nc[nH]c2cc1-c1ccc(CNCCC2CCCCC2)cc1. The van der Waals surface area contributed by atoms with Crippen LogP contribution in [0.2, 0.25) is 0 Å². The number of imidazole rings is 1.